The molecular formula is C12H19NO2. The molecule has 0 aliphatic rings. The first-order valence-electron chi connectivity index (χ1n) is 4.89. The van der Waals surface area contributed by atoms with E-state index in [-0.39, 0.29) is 6.10 Å². The van der Waals surface area contributed by atoms with Crippen molar-refractivity contribution >= 4 is 12.2 Å². The van der Waals surface area contributed by atoms with Crippen molar-refractivity contribution in [2.75, 3.05) is 19.0 Å². The fourth-order valence-corrected chi connectivity index (χ4v) is 0.837. The van der Waals surface area contributed by atoms with Gasteiger partial charge in [0.25, 0.3) is 6.47 Å². The summed E-state index contributed by atoms with van der Waals surface area (Å²) in [6, 6.07) is 10.3. The predicted octanol–water partition coefficient (Wildman–Crippen LogP) is 2.32. The largest absolute Gasteiger partial charge is 0.465 e. The molecule has 84 valence electrons. The fraction of sp³-hybridized carbons (Fsp3) is 0.417. The van der Waals surface area contributed by atoms with Gasteiger partial charge in [0.15, 0.2) is 0 Å². The van der Waals surface area contributed by atoms with E-state index >= 15 is 0 Å². The highest BCUT2D eigenvalue weighted by atomic mass is 16.5. The number of benzene rings is 1. The molecular weight excluding hydrogens is 190 g/mol. The fourth-order valence-electron chi connectivity index (χ4n) is 0.837. The first kappa shape index (κ1) is 13.5. The summed E-state index contributed by atoms with van der Waals surface area (Å²) in [6.07, 6.45) is 0.0301. The van der Waals surface area contributed by atoms with E-state index in [1.54, 1.807) is 13.8 Å². The standard InChI is InChI=1S/C8H11N.C4H8O2/c1-9(2)8-6-4-3-5-7-8;1-4(2)6-3-5/h3-7H,1-2H3;3-4H,1-2H3. The summed E-state index contributed by atoms with van der Waals surface area (Å²) in [5.74, 6) is 0. The third kappa shape index (κ3) is 7.55. The number of rotatable bonds is 3. The average molecular weight is 209 g/mol. The molecule has 0 saturated carbocycles. The smallest absolute Gasteiger partial charge is 0.293 e. The lowest BCUT2D eigenvalue weighted by molar-refractivity contribution is -0.131. The molecule has 1 aromatic carbocycles. The van der Waals surface area contributed by atoms with Crippen LogP contribution >= 0.6 is 0 Å². The molecule has 0 spiro atoms. The summed E-state index contributed by atoms with van der Waals surface area (Å²) in [5.41, 5.74) is 1.25. The summed E-state index contributed by atoms with van der Waals surface area (Å²) in [7, 11) is 4.07. The van der Waals surface area contributed by atoms with Crippen LogP contribution in [0.1, 0.15) is 13.8 Å². The van der Waals surface area contributed by atoms with Crippen molar-refractivity contribution in [2.45, 2.75) is 20.0 Å². The SMILES string of the molecule is CC(C)OC=O.CN(C)c1ccccc1. The first-order valence-corrected chi connectivity index (χ1v) is 4.89. The minimum Gasteiger partial charge on any atom is -0.465 e. The number of hydrogen-bond donors (Lipinski definition) is 0. The van der Waals surface area contributed by atoms with E-state index in [1.807, 2.05) is 32.3 Å². The van der Waals surface area contributed by atoms with E-state index in [9.17, 15) is 4.79 Å². The Morgan fingerprint density at radius 3 is 1.93 bits per heavy atom. The normalized spacial score (nSPS) is 8.87. The van der Waals surface area contributed by atoms with Gasteiger partial charge < -0.3 is 9.64 Å². The van der Waals surface area contributed by atoms with Crippen molar-refractivity contribution in [2.24, 2.45) is 0 Å². The van der Waals surface area contributed by atoms with Crippen LogP contribution in [-0.4, -0.2) is 26.7 Å². The number of nitrogens with zero attached hydrogens (tertiary/aromatic N) is 1. The zero-order chi connectivity index (χ0) is 11.7. The maximum Gasteiger partial charge on any atom is 0.293 e. The van der Waals surface area contributed by atoms with E-state index in [0.717, 1.165) is 0 Å². The lowest BCUT2D eigenvalue weighted by atomic mass is 10.3. The summed E-state index contributed by atoms with van der Waals surface area (Å²) in [6.45, 7) is 4.05. The highest BCUT2D eigenvalue weighted by Gasteiger charge is 1.87. The number of carbonyl (C=O) groups is 1. The number of ether oxygens (including phenoxy) is 1. The maximum atomic E-state index is 9.39. The third-order valence-electron chi connectivity index (χ3n) is 1.60. The van der Waals surface area contributed by atoms with Gasteiger partial charge in [-0.25, -0.2) is 0 Å². The predicted molar refractivity (Wildman–Crippen MR) is 63.1 cm³/mol. The van der Waals surface area contributed by atoms with E-state index in [2.05, 4.69) is 21.8 Å². The van der Waals surface area contributed by atoms with Crippen LogP contribution in [0.4, 0.5) is 5.69 Å². The van der Waals surface area contributed by atoms with Crippen LogP contribution in [0.3, 0.4) is 0 Å². The van der Waals surface area contributed by atoms with Gasteiger partial charge in [0.1, 0.15) is 0 Å². The zero-order valence-electron chi connectivity index (χ0n) is 9.81. The van der Waals surface area contributed by atoms with Crippen LogP contribution in [0.25, 0.3) is 0 Å². The number of para-hydroxylation sites is 1. The molecule has 15 heavy (non-hydrogen) atoms. The highest BCUT2D eigenvalue weighted by Crippen LogP contribution is 2.07. The molecule has 3 heteroatoms. The second-order valence-electron chi connectivity index (χ2n) is 3.51. The molecule has 0 aromatic heterocycles. The molecule has 0 bridgehead atoms. The van der Waals surface area contributed by atoms with E-state index in [1.165, 1.54) is 5.69 Å². The Balaban J connectivity index is 0.000000288. The second kappa shape index (κ2) is 7.85. The van der Waals surface area contributed by atoms with E-state index < -0.39 is 0 Å². The molecule has 0 N–H and O–H groups in total. The van der Waals surface area contributed by atoms with Crippen LogP contribution in [-0.2, 0) is 9.53 Å². The lowest BCUT2D eigenvalue weighted by Gasteiger charge is -2.10. The molecule has 3 nitrogen and oxygen atoms in total. The van der Waals surface area contributed by atoms with Gasteiger partial charge in [-0.05, 0) is 26.0 Å². The minimum absolute atomic E-state index is 0.0301. The Bertz CT molecular complexity index is 258. The van der Waals surface area contributed by atoms with Gasteiger partial charge in [0.2, 0.25) is 0 Å². The minimum atomic E-state index is 0.0301. The van der Waals surface area contributed by atoms with Crippen LogP contribution < -0.4 is 4.90 Å². The highest BCUT2D eigenvalue weighted by molar-refractivity contribution is 5.43. The molecule has 0 saturated heterocycles. The van der Waals surface area contributed by atoms with Crippen molar-refractivity contribution in [3.63, 3.8) is 0 Å². The molecule has 1 aromatic rings. The Morgan fingerprint density at radius 1 is 1.20 bits per heavy atom. The zero-order valence-corrected chi connectivity index (χ0v) is 9.81. The van der Waals surface area contributed by atoms with Gasteiger partial charge in [-0.3, -0.25) is 4.79 Å². The van der Waals surface area contributed by atoms with E-state index in [4.69, 9.17) is 0 Å². The van der Waals surface area contributed by atoms with Crippen LogP contribution in [0.2, 0.25) is 0 Å². The van der Waals surface area contributed by atoms with Crippen molar-refractivity contribution in [1.82, 2.24) is 0 Å². The van der Waals surface area contributed by atoms with Gasteiger partial charge in [-0.15, -0.1) is 0 Å². The molecule has 0 heterocycles. The van der Waals surface area contributed by atoms with Gasteiger partial charge in [-0.1, -0.05) is 18.2 Å². The van der Waals surface area contributed by atoms with Crippen LogP contribution in [0, 0.1) is 0 Å². The molecule has 0 atom stereocenters. The summed E-state index contributed by atoms with van der Waals surface area (Å²) >= 11 is 0. The van der Waals surface area contributed by atoms with Crippen molar-refractivity contribution in [3.05, 3.63) is 30.3 Å². The third-order valence-corrected chi connectivity index (χ3v) is 1.60. The molecule has 0 aliphatic carbocycles. The van der Waals surface area contributed by atoms with Gasteiger partial charge in [-0.2, -0.15) is 0 Å². The maximum absolute atomic E-state index is 9.39. The second-order valence-corrected chi connectivity index (χ2v) is 3.51. The van der Waals surface area contributed by atoms with Crippen LogP contribution in [0.5, 0.6) is 0 Å². The van der Waals surface area contributed by atoms with Gasteiger partial charge in [0, 0.05) is 19.8 Å². The van der Waals surface area contributed by atoms with Crippen molar-refractivity contribution in [3.8, 4) is 0 Å². The molecule has 0 fully saturated rings. The average Bonchev–Trinajstić information content (AvgIpc) is 2.20. The van der Waals surface area contributed by atoms with Crippen LogP contribution in [0.15, 0.2) is 30.3 Å². The van der Waals surface area contributed by atoms with Gasteiger partial charge in [0.05, 0.1) is 6.10 Å². The Hall–Kier alpha value is -1.51. The molecule has 0 amide bonds. The monoisotopic (exact) mass is 209 g/mol. The Kier molecular flexibility index (Phi) is 7.06. The summed E-state index contributed by atoms with van der Waals surface area (Å²) < 4.78 is 4.36. The van der Waals surface area contributed by atoms with Crippen molar-refractivity contribution in [1.29, 1.82) is 0 Å². The molecule has 1 rings (SSSR count). The quantitative estimate of drug-likeness (QED) is 0.715. The summed E-state index contributed by atoms with van der Waals surface area (Å²) in [4.78, 5) is 11.5. The first-order chi connectivity index (χ1) is 7.07. The topological polar surface area (TPSA) is 29.5 Å². The Morgan fingerprint density at radius 2 is 1.73 bits per heavy atom. The molecule has 0 aliphatic heterocycles. The number of anilines is 1. The summed E-state index contributed by atoms with van der Waals surface area (Å²) in [5, 5.41) is 0. The van der Waals surface area contributed by atoms with Gasteiger partial charge >= 0.3 is 0 Å². The lowest BCUT2D eigenvalue weighted by Crippen LogP contribution is -2.07. The van der Waals surface area contributed by atoms with Crippen molar-refractivity contribution < 1.29 is 9.53 Å². The molecule has 0 radical (unpaired) electrons. The molecule has 0 unspecified atom stereocenters. The Labute approximate surface area is 91.7 Å². The number of carbonyl (C=O) groups excluding carboxylic acids is 1. The number of hydrogen-bond acceptors (Lipinski definition) is 3. The van der Waals surface area contributed by atoms with E-state index in [0.29, 0.717) is 6.47 Å².